The van der Waals surface area contributed by atoms with Crippen molar-refractivity contribution in [1.29, 1.82) is 0 Å². The lowest BCUT2D eigenvalue weighted by atomic mass is 10.5. The van der Waals surface area contributed by atoms with Gasteiger partial charge in [0.1, 0.15) is 5.76 Å². The molecular weight excluding hydrogens is 120 g/mol. The Hall–Kier alpha value is -0.540. The topological polar surface area (TPSA) is 27.7 Å². The maximum absolute atomic E-state index is 4.81. The first kappa shape index (κ1) is 8.46. The van der Waals surface area contributed by atoms with Gasteiger partial charge < -0.3 is 14.2 Å². The summed E-state index contributed by atoms with van der Waals surface area (Å²) in [6.07, 6.45) is -0.449. The molecule has 0 heterocycles. The molecule has 0 rings (SSSR count). The van der Waals surface area contributed by atoms with Crippen LogP contribution < -0.4 is 0 Å². The number of hydrogen-bond donors (Lipinski definition) is 0. The van der Waals surface area contributed by atoms with Gasteiger partial charge in [0.05, 0.1) is 7.11 Å². The molecule has 0 aromatic rings. The minimum absolute atomic E-state index is 0.449. The third-order valence-corrected chi connectivity index (χ3v) is 0.953. The van der Waals surface area contributed by atoms with E-state index in [4.69, 9.17) is 14.2 Å². The molecule has 0 saturated carbocycles. The highest BCUT2D eigenvalue weighted by atomic mass is 16.7. The molecule has 0 N–H and O–H groups in total. The van der Waals surface area contributed by atoms with Gasteiger partial charge in [-0.3, -0.25) is 0 Å². The maximum atomic E-state index is 4.81. The highest BCUT2D eigenvalue weighted by Crippen LogP contribution is 2.03. The normalized spacial score (nSPS) is 9.78. The third kappa shape index (κ3) is 2.49. The van der Waals surface area contributed by atoms with Crippen molar-refractivity contribution in [3.63, 3.8) is 0 Å². The van der Waals surface area contributed by atoms with Gasteiger partial charge >= 0.3 is 0 Å². The third-order valence-electron chi connectivity index (χ3n) is 0.953. The monoisotopic (exact) mass is 132 g/mol. The fourth-order valence-electron chi connectivity index (χ4n) is 0.455. The minimum atomic E-state index is -0.449. The van der Waals surface area contributed by atoms with Gasteiger partial charge in [-0.25, -0.2) is 0 Å². The molecule has 3 heteroatoms. The summed E-state index contributed by atoms with van der Waals surface area (Å²) in [5, 5.41) is 0. The molecule has 0 bridgehead atoms. The first-order valence-corrected chi connectivity index (χ1v) is 2.54. The quantitative estimate of drug-likeness (QED) is 0.417. The van der Waals surface area contributed by atoms with E-state index in [-0.39, 0.29) is 0 Å². The largest absolute Gasteiger partial charge is 0.496 e. The molecule has 0 radical (unpaired) electrons. The van der Waals surface area contributed by atoms with Crippen molar-refractivity contribution < 1.29 is 14.2 Å². The molecule has 0 aliphatic heterocycles. The van der Waals surface area contributed by atoms with Gasteiger partial charge in [-0.15, -0.1) is 0 Å². The fourth-order valence-corrected chi connectivity index (χ4v) is 0.455. The van der Waals surface area contributed by atoms with Crippen LogP contribution in [0.3, 0.4) is 0 Å². The van der Waals surface area contributed by atoms with Crippen molar-refractivity contribution in [2.24, 2.45) is 0 Å². The summed E-state index contributed by atoms with van der Waals surface area (Å²) in [6, 6.07) is 0. The molecule has 0 amide bonds. The summed E-state index contributed by atoms with van der Waals surface area (Å²) >= 11 is 0. The highest BCUT2D eigenvalue weighted by Gasteiger charge is 2.08. The average Bonchev–Trinajstić information content (AvgIpc) is 1.90. The molecule has 3 nitrogen and oxygen atoms in total. The second-order valence-corrected chi connectivity index (χ2v) is 1.47. The van der Waals surface area contributed by atoms with Crippen LogP contribution in [0.25, 0.3) is 0 Å². The molecule has 0 atom stereocenters. The van der Waals surface area contributed by atoms with Gasteiger partial charge in [-0.05, 0) is 0 Å². The summed E-state index contributed by atoms with van der Waals surface area (Å²) in [4.78, 5) is 0. The van der Waals surface area contributed by atoms with Gasteiger partial charge in [-0.2, -0.15) is 0 Å². The molecule has 0 fully saturated rings. The van der Waals surface area contributed by atoms with Crippen LogP contribution in [0.4, 0.5) is 0 Å². The van der Waals surface area contributed by atoms with Crippen molar-refractivity contribution in [3.8, 4) is 0 Å². The molecule has 0 aliphatic rings. The molecule has 54 valence electrons. The maximum Gasteiger partial charge on any atom is 0.215 e. The first-order chi connectivity index (χ1) is 4.26. The second kappa shape index (κ2) is 4.35. The zero-order chi connectivity index (χ0) is 7.28. The number of hydrogen-bond acceptors (Lipinski definition) is 3. The zero-order valence-corrected chi connectivity index (χ0v) is 6.01. The lowest BCUT2D eigenvalue weighted by molar-refractivity contribution is -0.100. The van der Waals surface area contributed by atoms with Crippen molar-refractivity contribution >= 4 is 0 Å². The molecule has 0 aromatic carbocycles. The van der Waals surface area contributed by atoms with E-state index in [0.29, 0.717) is 5.76 Å². The smallest absolute Gasteiger partial charge is 0.215 e. The number of ether oxygens (including phenoxy) is 3. The van der Waals surface area contributed by atoms with Gasteiger partial charge in [0.15, 0.2) is 0 Å². The molecule has 0 aliphatic carbocycles. The molecular formula is C6H12O3. The van der Waals surface area contributed by atoms with Crippen LogP contribution in [0.15, 0.2) is 12.3 Å². The van der Waals surface area contributed by atoms with Gasteiger partial charge in [0.25, 0.3) is 0 Å². The average molecular weight is 132 g/mol. The molecule has 0 saturated heterocycles. The Kier molecular flexibility index (Phi) is 4.09. The van der Waals surface area contributed by atoms with Crippen LogP contribution in [0.1, 0.15) is 0 Å². The Morgan fingerprint density at radius 3 is 1.78 bits per heavy atom. The van der Waals surface area contributed by atoms with Gasteiger partial charge in [0, 0.05) is 14.2 Å². The summed E-state index contributed by atoms with van der Waals surface area (Å²) < 4.78 is 14.4. The molecule has 0 unspecified atom stereocenters. The van der Waals surface area contributed by atoms with Gasteiger partial charge in [-0.1, -0.05) is 6.58 Å². The zero-order valence-electron chi connectivity index (χ0n) is 6.01. The Morgan fingerprint density at radius 2 is 1.67 bits per heavy atom. The number of rotatable bonds is 4. The summed E-state index contributed by atoms with van der Waals surface area (Å²) in [7, 11) is 4.57. The lowest BCUT2D eigenvalue weighted by Crippen LogP contribution is -2.16. The Balaban J connectivity index is 3.64. The van der Waals surface area contributed by atoms with Gasteiger partial charge in [0.2, 0.25) is 6.29 Å². The highest BCUT2D eigenvalue weighted by molar-refractivity contribution is 4.85. The molecule has 0 spiro atoms. The standard InChI is InChI=1S/C6H12O3/c1-5(7-2)6(8-3)9-4/h6H,1H2,2-4H3. The lowest BCUT2D eigenvalue weighted by Gasteiger charge is -2.13. The van der Waals surface area contributed by atoms with E-state index < -0.39 is 6.29 Å². The van der Waals surface area contributed by atoms with Crippen LogP contribution in [0, 0.1) is 0 Å². The van der Waals surface area contributed by atoms with Crippen LogP contribution in [0.2, 0.25) is 0 Å². The predicted molar refractivity (Wildman–Crippen MR) is 34.0 cm³/mol. The van der Waals surface area contributed by atoms with E-state index in [1.165, 1.54) is 21.3 Å². The predicted octanol–water partition coefficient (Wildman–Crippen LogP) is 0.765. The van der Waals surface area contributed by atoms with E-state index in [9.17, 15) is 0 Å². The number of methoxy groups -OCH3 is 3. The SMILES string of the molecule is C=C(OC)C(OC)OC. The van der Waals surface area contributed by atoms with Crippen molar-refractivity contribution in [2.45, 2.75) is 6.29 Å². The van der Waals surface area contributed by atoms with E-state index in [1.807, 2.05) is 0 Å². The molecule has 0 aromatic heterocycles. The summed E-state index contributed by atoms with van der Waals surface area (Å²) in [6.45, 7) is 3.54. The van der Waals surface area contributed by atoms with Crippen LogP contribution in [-0.2, 0) is 14.2 Å². The Bertz CT molecular complexity index is 86.3. The molecule has 9 heavy (non-hydrogen) atoms. The Labute approximate surface area is 55.2 Å². The van der Waals surface area contributed by atoms with E-state index >= 15 is 0 Å². The van der Waals surface area contributed by atoms with Crippen molar-refractivity contribution in [3.05, 3.63) is 12.3 Å². The minimum Gasteiger partial charge on any atom is -0.496 e. The fraction of sp³-hybridized carbons (Fsp3) is 0.667. The van der Waals surface area contributed by atoms with Crippen molar-refractivity contribution in [1.82, 2.24) is 0 Å². The van der Waals surface area contributed by atoms with Crippen molar-refractivity contribution in [2.75, 3.05) is 21.3 Å². The van der Waals surface area contributed by atoms with Crippen LogP contribution in [-0.4, -0.2) is 27.6 Å². The first-order valence-electron chi connectivity index (χ1n) is 2.54. The van der Waals surface area contributed by atoms with E-state index in [1.54, 1.807) is 0 Å². The second-order valence-electron chi connectivity index (χ2n) is 1.47. The van der Waals surface area contributed by atoms with Crippen LogP contribution in [0.5, 0.6) is 0 Å². The summed E-state index contributed by atoms with van der Waals surface area (Å²) in [5.41, 5.74) is 0. The van der Waals surface area contributed by atoms with E-state index in [0.717, 1.165) is 0 Å². The Morgan fingerprint density at radius 1 is 1.22 bits per heavy atom. The van der Waals surface area contributed by atoms with E-state index in [2.05, 4.69) is 6.58 Å². The van der Waals surface area contributed by atoms with Crippen LogP contribution >= 0.6 is 0 Å². The summed E-state index contributed by atoms with van der Waals surface area (Å²) in [5.74, 6) is 0.472.